The number of carbonyl (C=O) groups is 5. The summed E-state index contributed by atoms with van der Waals surface area (Å²) in [5.74, 6) is -1.97. The Balaban J connectivity index is 1.38. The van der Waals surface area contributed by atoms with Gasteiger partial charge in [-0.1, -0.05) is 12.1 Å². The summed E-state index contributed by atoms with van der Waals surface area (Å²) in [7, 11) is 3.31. The maximum Gasteiger partial charge on any atom is 0.338 e. The molecule has 1 aromatic rings. The molecular weight excluding hydrogens is 610 g/mol. The summed E-state index contributed by atoms with van der Waals surface area (Å²) in [5.41, 5.74) is 0.735. The standard InChI is InChI=1S/C34H45N3O10/c1-34(2,3)47-29(40)15-13-24(19-38)35-31(41)25-7-6-16-37(25)32(42)23-17-26-30(45-20-44-26)27(18-23)46-33(43)22-11-8-21(9-12-22)10-14-28(39)36(4)5/h8-12,14,17,24-27,30,38H,6-7,13,15-16,18-20H2,1-5H3,(H,35,41)/t24-,25+,26+,27+,30+/m0/s1. The zero-order valence-corrected chi connectivity index (χ0v) is 27.6. The van der Waals surface area contributed by atoms with Gasteiger partial charge in [-0.15, -0.1) is 0 Å². The highest BCUT2D eigenvalue weighted by Crippen LogP contribution is 2.33. The molecule has 2 heterocycles. The van der Waals surface area contributed by atoms with E-state index in [1.165, 1.54) is 15.9 Å². The fourth-order valence-electron chi connectivity index (χ4n) is 5.62. The van der Waals surface area contributed by atoms with Crippen LogP contribution in [0.15, 0.2) is 42.0 Å². The maximum atomic E-state index is 13.8. The van der Waals surface area contributed by atoms with Crippen LogP contribution in [0, 0.1) is 0 Å². The summed E-state index contributed by atoms with van der Waals surface area (Å²) in [6.07, 6.45) is 4.07. The van der Waals surface area contributed by atoms with Crippen molar-refractivity contribution in [3.05, 3.63) is 53.1 Å². The fourth-order valence-corrected chi connectivity index (χ4v) is 5.62. The Morgan fingerprint density at radius 2 is 1.85 bits per heavy atom. The number of rotatable bonds is 11. The molecule has 0 bridgehead atoms. The molecule has 0 unspecified atom stereocenters. The summed E-state index contributed by atoms with van der Waals surface area (Å²) in [6, 6.07) is 5.13. The lowest BCUT2D eigenvalue weighted by Gasteiger charge is -2.33. The highest BCUT2D eigenvalue weighted by atomic mass is 16.7. The van der Waals surface area contributed by atoms with Gasteiger partial charge in [0, 0.05) is 45.1 Å². The molecule has 2 N–H and O–H groups in total. The van der Waals surface area contributed by atoms with E-state index < -0.39 is 53.8 Å². The van der Waals surface area contributed by atoms with Crippen LogP contribution in [-0.4, -0.2) is 115 Å². The van der Waals surface area contributed by atoms with Crippen molar-refractivity contribution in [3.8, 4) is 0 Å². The van der Waals surface area contributed by atoms with Crippen LogP contribution in [0.4, 0.5) is 0 Å². The molecule has 2 fully saturated rings. The number of likely N-dealkylation sites (N-methyl/N-ethyl adjacent to an activating group) is 1. The number of fused-ring (bicyclic) bond motifs is 1. The predicted octanol–water partition coefficient (Wildman–Crippen LogP) is 1.98. The zero-order valence-electron chi connectivity index (χ0n) is 27.6. The van der Waals surface area contributed by atoms with E-state index in [1.807, 2.05) is 0 Å². The van der Waals surface area contributed by atoms with Crippen molar-refractivity contribution in [2.45, 2.75) is 88.9 Å². The number of aliphatic hydroxyl groups excluding tert-OH is 1. The SMILES string of the molecule is CN(C)C(=O)C=Cc1ccc(C(=O)O[C@@H]2CC(C(=O)N3CCC[C@@H]3C(=O)N[C@H](CO)CCC(=O)OC(C)(C)C)=C[C@H]3OCO[C@H]32)cc1. The van der Waals surface area contributed by atoms with E-state index in [0.717, 1.165) is 5.56 Å². The molecule has 1 aromatic carbocycles. The molecule has 0 saturated carbocycles. The van der Waals surface area contributed by atoms with E-state index in [9.17, 15) is 29.1 Å². The molecule has 0 radical (unpaired) electrons. The second-order valence-corrected chi connectivity index (χ2v) is 13.1. The number of ether oxygens (including phenoxy) is 4. The van der Waals surface area contributed by atoms with Crippen molar-refractivity contribution in [1.82, 2.24) is 15.1 Å². The number of hydrogen-bond acceptors (Lipinski definition) is 10. The molecule has 2 saturated heterocycles. The van der Waals surface area contributed by atoms with Crippen LogP contribution in [0.25, 0.3) is 6.08 Å². The quantitative estimate of drug-likeness (QED) is 0.267. The molecule has 13 heteroatoms. The average molecular weight is 656 g/mol. The topological polar surface area (TPSA) is 161 Å². The largest absolute Gasteiger partial charge is 0.460 e. The first-order valence-electron chi connectivity index (χ1n) is 15.8. The summed E-state index contributed by atoms with van der Waals surface area (Å²) < 4.78 is 22.5. The minimum absolute atomic E-state index is 0.0192. The molecule has 2 aliphatic heterocycles. The van der Waals surface area contributed by atoms with Crippen LogP contribution in [0.1, 0.15) is 68.8 Å². The second kappa shape index (κ2) is 15.7. The van der Waals surface area contributed by atoms with Gasteiger partial charge in [0.25, 0.3) is 0 Å². The Morgan fingerprint density at radius 1 is 1.13 bits per heavy atom. The van der Waals surface area contributed by atoms with Gasteiger partial charge in [0.15, 0.2) is 0 Å². The first-order chi connectivity index (χ1) is 22.3. The summed E-state index contributed by atoms with van der Waals surface area (Å²) in [4.78, 5) is 67.1. The molecule has 0 spiro atoms. The Bertz CT molecular complexity index is 1380. The van der Waals surface area contributed by atoms with E-state index in [1.54, 1.807) is 71.3 Å². The van der Waals surface area contributed by atoms with E-state index in [4.69, 9.17) is 18.9 Å². The number of benzene rings is 1. The smallest absolute Gasteiger partial charge is 0.338 e. The van der Waals surface area contributed by atoms with Crippen LogP contribution >= 0.6 is 0 Å². The molecule has 13 nitrogen and oxygen atoms in total. The van der Waals surface area contributed by atoms with Gasteiger partial charge in [0.2, 0.25) is 17.7 Å². The van der Waals surface area contributed by atoms with E-state index in [0.29, 0.717) is 30.5 Å². The van der Waals surface area contributed by atoms with Gasteiger partial charge >= 0.3 is 11.9 Å². The average Bonchev–Trinajstić information content (AvgIpc) is 3.71. The number of aliphatic hydroxyl groups is 1. The van der Waals surface area contributed by atoms with E-state index in [-0.39, 0.29) is 44.5 Å². The van der Waals surface area contributed by atoms with Gasteiger partial charge in [0.1, 0.15) is 36.7 Å². The van der Waals surface area contributed by atoms with Gasteiger partial charge in [-0.25, -0.2) is 4.79 Å². The lowest BCUT2D eigenvalue weighted by atomic mass is 9.91. The van der Waals surface area contributed by atoms with Crippen LogP contribution in [0.2, 0.25) is 0 Å². The third kappa shape index (κ3) is 9.72. The molecule has 47 heavy (non-hydrogen) atoms. The number of nitrogens with one attached hydrogen (secondary N) is 1. The summed E-state index contributed by atoms with van der Waals surface area (Å²) in [5, 5.41) is 12.6. The molecule has 4 rings (SSSR count). The number of esters is 2. The minimum atomic E-state index is -0.808. The Morgan fingerprint density at radius 3 is 2.51 bits per heavy atom. The number of amides is 3. The molecule has 5 atom stereocenters. The van der Waals surface area contributed by atoms with Crippen LogP contribution in [0.5, 0.6) is 0 Å². The molecule has 256 valence electrons. The van der Waals surface area contributed by atoms with Crippen LogP contribution in [-0.2, 0) is 38.1 Å². The zero-order chi connectivity index (χ0) is 34.3. The lowest BCUT2D eigenvalue weighted by molar-refractivity contribution is -0.155. The molecular formula is C34H45N3O10. The molecule has 3 amide bonds. The van der Waals surface area contributed by atoms with Crippen LogP contribution < -0.4 is 5.32 Å². The van der Waals surface area contributed by atoms with Crippen molar-refractivity contribution in [3.63, 3.8) is 0 Å². The van der Waals surface area contributed by atoms with Gasteiger partial charge in [-0.2, -0.15) is 0 Å². The lowest BCUT2D eigenvalue weighted by Crippen LogP contribution is -2.51. The Labute approximate surface area is 274 Å². The summed E-state index contributed by atoms with van der Waals surface area (Å²) >= 11 is 0. The van der Waals surface area contributed by atoms with Gasteiger partial charge in [-0.3, -0.25) is 19.2 Å². The highest BCUT2D eigenvalue weighted by molar-refractivity contribution is 5.98. The second-order valence-electron chi connectivity index (χ2n) is 13.1. The highest BCUT2D eigenvalue weighted by Gasteiger charge is 2.45. The first-order valence-corrected chi connectivity index (χ1v) is 15.8. The predicted molar refractivity (Wildman–Crippen MR) is 170 cm³/mol. The maximum absolute atomic E-state index is 13.8. The van der Waals surface area contributed by atoms with Crippen molar-refractivity contribution in [2.24, 2.45) is 0 Å². The van der Waals surface area contributed by atoms with Gasteiger partial charge < -0.3 is 39.2 Å². The number of likely N-dealkylation sites (tertiary alicyclic amines) is 1. The van der Waals surface area contributed by atoms with E-state index in [2.05, 4.69) is 5.32 Å². The first kappa shape index (κ1) is 35.8. The van der Waals surface area contributed by atoms with Crippen molar-refractivity contribution in [1.29, 1.82) is 0 Å². The van der Waals surface area contributed by atoms with E-state index >= 15 is 0 Å². The molecule has 1 aliphatic carbocycles. The van der Waals surface area contributed by atoms with Gasteiger partial charge in [0.05, 0.1) is 18.2 Å². The summed E-state index contributed by atoms with van der Waals surface area (Å²) in [6.45, 7) is 5.25. The van der Waals surface area contributed by atoms with Crippen molar-refractivity contribution in [2.75, 3.05) is 34.0 Å². The Kier molecular flexibility index (Phi) is 11.9. The van der Waals surface area contributed by atoms with Gasteiger partial charge in [-0.05, 0) is 69.9 Å². The third-order valence-electron chi connectivity index (χ3n) is 8.04. The van der Waals surface area contributed by atoms with Crippen molar-refractivity contribution < 1.29 is 48.0 Å². The van der Waals surface area contributed by atoms with Crippen LogP contribution in [0.3, 0.4) is 0 Å². The molecule has 0 aromatic heterocycles. The third-order valence-corrected chi connectivity index (χ3v) is 8.04. The number of nitrogens with zero attached hydrogens (tertiary/aromatic N) is 2. The van der Waals surface area contributed by atoms with Crippen molar-refractivity contribution >= 4 is 35.7 Å². The normalized spacial score (nSPS) is 23.1. The minimum Gasteiger partial charge on any atom is -0.460 e. The monoisotopic (exact) mass is 655 g/mol. The fraction of sp³-hybridized carbons (Fsp3) is 0.559. The Hall–Kier alpha value is -4.07. The molecule has 3 aliphatic rings. The number of carbonyl (C=O) groups excluding carboxylic acids is 5. The number of hydrogen-bond donors (Lipinski definition) is 2.